The van der Waals surface area contributed by atoms with Crippen LogP contribution >= 0.6 is 0 Å². The number of aryl methyl sites for hydroxylation is 1. The van der Waals surface area contributed by atoms with Gasteiger partial charge in [0.15, 0.2) is 5.65 Å². The van der Waals surface area contributed by atoms with Crippen LogP contribution in [0.2, 0.25) is 0 Å². The highest BCUT2D eigenvalue weighted by Crippen LogP contribution is 2.40. The SMILES string of the molecule is CCn1c(=O)[nH]c(=O)c2c(C(=O)Nc3ccc(-c4nc5ccccc5[nH]4)cc3)cc(C3CC3)nc21. The lowest BCUT2D eigenvalue weighted by Gasteiger charge is -2.12. The number of H-pyrrole nitrogens is 2. The van der Waals surface area contributed by atoms with Gasteiger partial charge in [0.25, 0.3) is 11.5 Å². The predicted molar refractivity (Wildman–Crippen MR) is 134 cm³/mol. The Kier molecular flexibility index (Phi) is 4.84. The van der Waals surface area contributed by atoms with Crippen molar-refractivity contribution in [2.75, 3.05) is 5.32 Å². The molecule has 9 heteroatoms. The van der Waals surface area contributed by atoms with Crippen molar-refractivity contribution in [2.45, 2.75) is 32.2 Å². The summed E-state index contributed by atoms with van der Waals surface area (Å²) in [5, 5.41) is 3.00. The molecule has 0 bridgehead atoms. The second-order valence-electron chi connectivity index (χ2n) is 8.71. The minimum Gasteiger partial charge on any atom is -0.338 e. The first-order chi connectivity index (χ1) is 17.0. The van der Waals surface area contributed by atoms with Crippen LogP contribution in [0.3, 0.4) is 0 Å². The molecule has 0 spiro atoms. The second-order valence-corrected chi connectivity index (χ2v) is 8.71. The van der Waals surface area contributed by atoms with E-state index in [1.165, 1.54) is 4.57 Å². The number of aromatic amines is 2. The number of fused-ring (bicyclic) bond motifs is 2. The molecule has 3 N–H and O–H groups in total. The van der Waals surface area contributed by atoms with Crippen molar-refractivity contribution in [2.24, 2.45) is 0 Å². The van der Waals surface area contributed by atoms with E-state index in [1.54, 1.807) is 25.1 Å². The third-order valence-corrected chi connectivity index (χ3v) is 6.33. The number of nitrogens with zero attached hydrogens (tertiary/aromatic N) is 3. The Labute approximate surface area is 198 Å². The molecule has 1 saturated carbocycles. The van der Waals surface area contributed by atoms with Crippen molar-refractivity contribution in [3.63, 3.8) is 0 Å². The molecule has 35 heavy (non-hydrogen) atoms. The molecule has 3 aromatic heterocycles. The molecular formula is C26H22N6O3. The molecule has 3 heterocycles. The van der Waals surface area contributed by atoms with Crippen LogP contribution in [0.1, 0.15) is 41.7 Å². The van der Waals surface area contributed by atoms with Crippen molar-refractivity contribution in [3.8, 4) is 11.4 Å². The summed E-state index contributed by atoms with van der Waals surface area (Å²) in [6.07, 6.45) is 1.95. The minimum atomic E-state index is -0.616. The van der Waals surface area contributed by atoms with Crippen molar-refractivity contribution >= 4 is 33.7 Å². The standard InChI is InChI=1S/C26H22N6O3/c1-2-32-23-21(25(34)31-26(32)35)17(13-20(30-23)14-7-8-14)24(33)27-16-11-9-15(10-12-16)22-28-18-5-3-4-6-19(18)29-22/h3-6,9-14H,2,7-8H2,1H3,(H,27,33)(H,28,29)(H,31,34,35). The first kappa shape index (κ1) is 21.0. The maximum absolute atomic E-state index is 13.3. The molecule has 0 unspecified atom stereocenters. The second kappa shape index (κ2) is 8.05. The Morgan fingerprint density at radius 3 is 2.54 bits per heavy atom. The smallest absolute Gasteiger partial charge is 0.329 e. The van der Waals surface area contributed by atoms with Crippen LogP contribution in [0.15, 0.2) is 64.2 Å². The van der Waals surface area contributed by atoms with Gasteiger partial charge in [0.05, 0.1) is 22.0 Å². The van der Waals surface area contributed by atoms with Crippen LogP contribution in [0.5, 0.6) is 0 Å². The Bertz CT molecular complexity index is 1690. The number of para-hydroxylation sites is 2. The molecular weight excluding hydrogens is 444 g/mol. The van der Waals surface area contributed by atoms with Crippen LogP contribution in [-0.2, 0) is 6.54 Å². The Hall–Kier alpha value is -4.53. The predicted octanol–water partition coefficient (Wildman–Crippen LogP) is 3.78. The fraction of sp³-hybridized carbons (Fsp3) is 0.192. The summed E-state index contributed by atoms with van der Waals surface area (Å²) in [7, 11) is 0. The van der Waals surface area contributed by atoms with Crippen LogP contribution in [0.4, 0.5) is 5.69 Å². The molecule has 1 aliphatic rings. The fourth-order valence-electron chi connectivity index (χ4n) is 4.35. The third kappa shape index (κ3) is 3.71. The Balaban J connectivity index is 1.36. The summed E-state index contributed by atoms with van der Waals surface area (Å²) in [4.78, 5) is 53.2. The highest BCUT2D eigenvalue weighted by Gasteiger charge is 2.28. The summed E-state index contributed by atoms with van der Waals surface area (Å²) < 4.78 is 1.39. The number of benzene rings is 2. The summed E-state index contributed by atoms with van der Waals surface area (Å²) in [6.45, 7) is 2.13. The van der Waals surface area contributed by atoms with E-state index in [0.29, 0.717) is 12.2 Å². The summed E-state index contributed by atoms with van der Waals surface area (Å²) in [5.74, 6) is 0.554. The normalized spacial score (nSPS) is 13.4. The van der Waals surface area contributed by atoms with E-state index < -0.39 is 17.2 Å². The number of nitrogens with one attached hydrogen (secondary N) is 3. The van der Waals surface area contributed by atoms with E-state index in [9.17, 15) is 14.4 Å². The minimum absolute atomic E-state index is 0.118. The number of carbonyl (C=O) groups is 1. The molecule has 9 nitrogen and oxygen atoms in total. The number of anilines is 1. The summed E-state index contributed by atoms with van der Waals surface area (Å²) in [6, 6.07) is 16.8. The quantitative estimate of drug-likeness (QED) is 0.363. The topological polar surface area (TPSA) is 126 Å². The molecule has 6 rings (SSSR count). The first-order valence-electron chi connectivity index (χ1n) is 11.6. The number of pyridine rings is 1. The maximum atomic E-state index is 13.3. The number of aromatic nitrogens is 5. The van der Waals surface area contributed by atoms with Crippen molar-refractivity contribution < 1.29 is 4.79 Å². The third-order valence-electron chi connectivity index (χ3n) is 6.33. The summed E-state index contributed by atoms with van der Waals surface area (Å²) >= 11 is 0. The van der Waals surface area contributed by atoms with Gasteiger partial charge in [-0.3, -0.25) is 19.1 Å². The highest BCUT2D eigenvalue weighted by molar-refractivity contribution is 6.12. The highest BCUT2D eigenvalue weighted by atomic mass is 16.2. The molecule has 1 aliphatic carbocycles. The van der Waals surface area contributed by atoms with Crippen LogP contribution < -0.4 is 16.6 Å². The van der Waals surface area contributed by atoms with Crippen molar-refractivity contribution in [3.05, 3.63) is 86.7 Å². The van der Waals surface area contributed by atoms with Gasteiger partial charge in [0.1, 0.15) is 5.82 Å². The van der Waals surface area contributed by atoms with Gasteiger partial charge in [0, 0.05) is 29.4 Å². The molecule has 0 radical (unpaired) electrons. The van der Waals surface area contributed by atoms with Crippen LogP contribution in [-0.4, -0.2) is 30.4 Å². The fourth-order valence-corrected chi connectivity index (χ4v) is 4.35. The lowest BCUT2D eigenvalue weighted by atomic mass is 10.1. The molecule has 1 amide bonds. The van der Waals surface area contributed by atoms with E-state index in [2.05, 4.69) is 25.3 Å². The van der Waals surface area contributed by atoms with Crippen LogP contribution in [0.25, 0.3) is 33.5 Å². The van der Waals surface area contributed by atoms with Crippen LogP contribution in [0, 0.1) is 0 Å². The molecule has 5 aromatic rings. The lowest BCUT2D eigenvalue weighted by molar-refractivity contribution is 0.102. The molecule has 174 valence electrons. The molecule has 0 atom stereocenters. The summed E-state index contributed by atoms with van der Waals surface area (Å²) in [5.41, 5.74) is 3.33. The van der Waals surface area contributed by atoms with E-state index in [1.807, 2.05) is 36.4 Å². The van der Waals surface area contributed by atoms with E-state index >= 15 is 0 Å². The Morgan fingerprint density at radius 1 is 1.06 bits per heavy atom. The average Bonchev–Trinajstić information content (AvgIpc) is 3.62. The zero-order valence-electron chi connectivity index (χ0n) is 19.0. The monoisotopic (exact) mass is 466 g/mol. The number of hydrogen-bond acceptors (Lipinski definition) is 5. The van der Waals surface area contributed by atoms with E-state index in [4.69, 9.17) is 0 Å². The Morgan fingerprint density at radius 2 is 1.83 bits per heavy atom. The van der Waals surface area contributed by atoms with E-state index in [0.717, 1.165) is 41.0 Å². The number of rotatable bonds is 5. The largest absolute Gasteiger partial charge is 0.338 e. The number of carbonyl (C=O) groups excluding carboxylic acids is 1. The number of amides is 1. The van der Waals surface area contributed by atoms with Gasteiger partial charge in [-0.15, -0.1) is 0 Å². The lowest BCUT2D eigenvalue weighted by Crippen LogP contribution is -2.32. The number of imidazole rings is 1. The van der Waals surface area contributed by atoms with Gasteiger partial charge in [-0.1, -0.05) is 12.1 Å². The molecule has 1 fully saturated rings. The van der Waals surface area contributed by atoms with Crippen molar-refractivity contribution in [1.29, 1.82) is 0 Å². The van der Waals surface area contributed by atoms with Gasteiger partial charge in [0.2, 0.25) is 0 Å². The molecule has 2 aromatic carbocycles. The van der Waals surface area contributed by atoms with Gasteiger partial charge in [-0.25, -0.2) is 14.8 Å². The van der Waals surface area contributed by atoms with E-state index in [-0.39, 0.29) is 22.5 Å². The maximum Gasteiger partial charge on any atom is 0.329 e. The number of hydrogen-bond donors (Lipinski definition) is 3. The van der Waals surface area contributed by atoms with Gasteiger partial charge in [-0.2, -0.15) is 0 Å². The first-order valence-corrected chi connectivity index (χ1v) is 11.6. The zero-order valence-corrected chi connectivity index (χ0v) is 19.0. The zero-order chi connectivity index (χ0) is 24.1. The molecule has 0 saturated heterocycles. The average molecular weight is 467 g/mol. The van der Waals surface area contributed by atoms with Gasteiger partial charge in [-0.05, 0) is 62.2 Å². The van der Waals surface area contributed by atoms with Crippen molar-refractivity contribution in [1.82, 2.24) is 24.5 Å². The van der Waals surface area contributed by atoms with Gasteiger partial charge < -0.3 is 10.3 Å². The molecule has 0 aliphatic heterocycles. The van der Waals surface area contributed by atoms with Gasteiger partial charge >= 0.3 is 5.69 Å².